The lowest BCUT2D eigenvalue weighted by atomic mass is 10.3. The van der Waals surface area contributed by atoms with Crippen LogP contribution in [0.3, 0.4) is 0 Å². The molecule has 0 amide bonds. The number of morpholine rings is 1. The van der Waals surface area contributed by atoms with E-state index in [2.05, 4.69) is 27.5 Å². The van der Waals surface area contributed by atoms with E-state index in [0.29, 0.717) is 6.73 Å². The third-order valence-corrected chi connectivity index (χ3v) is 4.34. The van der Waals surface area contributed by atoms with E-state index in [-0.39, 0.29) is 0 Å². The molecule has 6 heteroatoms. The van der Waals surface area contributed by atoms with Crippen molar-refractivity contribution in [2.75, 3.05) is 39.5 Å². The van der Waals surface area contributed by atoms with Crippen LogP contribution in [0, 0.1) is 0 Å². The smallest absolute Gasteiger partial charge is 0.139 e. The van der Waals surface area contributed by atoms with E-state index in [1.54, 1.807) is 11.3 Å². The Balaban J connectivity index is 1.38. The summed E-state index contributed by atoms with van der Waals surface area (Å²) in [5.74, 6) is 0. The fraction of sp³-hybridized carbons (Fsp3) is 0.438. The lowest BCUT2D eigenvalue weighted by Gasteiger charge is -2.26. The molecule has 0 radical (unpaired) electrons. The van der Waals surface area contributed by atoms with Gasteiger partial charge in [0.15, 0.2) is 0 Å². The molecular weight excluding hydrogens is 298 g/mol. The van der Waals surface area contributed by atoms with Gasteiger partial charge in [0.2, 0.25) is 0 Å². The minimum absolute atomic E-state index is 0.497. The van der Waals surface area contributed by atoms with Gasteiger partial charge in [0.25, 0.3) is 0 Å². The first-order valence-electron chi connectivity index (χ1n) is 7.53. The molecule has 2 aromatic rings. The summed E-state index contributed by atoms with van der Waals surface area (Å²) >= 11 is 1.72. The van der Waals surface area contributed by atoms with Crippen LogP contribution in [0.4, 0.5) is 0 Å². The van der Waals surface area contributed by atoms with Gasteiger partial charge in [-0.3, -0.25) is 4.90 Å². The van der Waals surface area contributed by atoms with Crippen LogP contribution in [0.2, 0.25) is 0 Å². The first kappa shape index (κ1) is 15.4. The molecule has 3 rings (SSSR count). The van der Waals surface area contributed by atoms with Gasteiger partial charge in [-0.05, 0) is 29.7 Å². The number of rotatable bonds is 7. The first-order chi connectivity index (χ1) is 10.9. The molecule has 0 saturated carbocycles. The molecule has 0 N–H and O–H groups in total. The van der Waals surface area contributed by atoms with E-state index >= 15 is 0 Å². The van der Waals surface area contributed by atoms with Crippen molar-refractivity contribution >= 4 is 23.5 Å². The fourth-order valence-electron chi connectivity index (χ4n) is 2.27. The van der Waals surface area contributed by atoms with Crippen LogP contribution in [0.25, 0.3) is 12.2 Å². The first-order valence-corrected chi connectivity index (χ1v) is 8.41. The highest BCUT2D eigenvalue weighted by molar-refractivity contribution is 7.10. The van der Waals surface area contributed by atoms with E-state index in [9.17, 15) is 0 Å². The zero-order valence-electron chi connectivity index (χ0n) is 12.6. The average molecular weight is 319 g/mol. The van der Waals surface area contributed by atoms with Gasteiger partial charge in [-0.25, -0.2) is 4.68 Å². The molecular formula is C16H21N3O2S. The Morgan fingerprint density at radius 3 is 3.00 bits per heavy atom. The van der Waals surface area contributed by atoms with Crippen LogP contribution in [-0.2, 0) is 16.2 Å². The molecule has 0 aliphatic carbocycles. The third-order valence-electron chi connectivity index (χ3n) is 3.50. The molecule has 0 spiro atoms. The second kappa shape index (κ2) is 8.24. The third kappa shape index (κ3) is 4.78. The second-order valence-electron chi connectivity index (χ2n) is 5.12. The van der Waals surface area contributed by atoms with Crippen molar-refractivity contribution in [1.82, 2.24) is 14.7 Å². The Kier molecular flexibility index (Phi) is 5.78. The summed E-state index contributed by atoms with van der Waals surface area (Å²) in [7, 11) is 0. The maximum atomic E-state index is 5.68. The zero-order chi connectivity index (χ0) is 15.0. The molecule has 0 bridgehead atoms. The Bertz CT molecular complexity index is 574. The average Bonchev–Trinajstić information content (AvgIpc) is 3.22. The molecule has 0 unspecified atom stereocenters. The number of thiophene rings is 1. The van der Waals surface area contributed by atoms with E-state index in [0.717, 1.165) is 45.1 Å². The van der Waals surface area contributed by atoms with Crippen LogP contribution in [0.15, 0.2) is 29.8 Å². The summed E-state index contributed by atoms with van der Waals surface area (Å²) in [5.41, 5.74) is 0.949. The van der Waals surface area contributed by atoms with Crippen molar-refractivity contribution < 1.29 is 9.47 Å². The number of aromatic nitrogens is 2. The summed E-state index contributed by atoms with van der Waals surface area (Å²) < 4.78 is 12.8. The van der Waals surface area contributed by atoms with Crippen LogP contribution < -0.4 is 0 Å². The maximum absolute atomic E-state index is 5.68. The van der Waals surface area contributed by atoms with Gasteiger partial charge >= 0.3 is 0 Å². The predicted octanol–water partition coefficient (Wildman–Crippen LogP) is 2.42. The number of ether oxygens (including phenoxy) is 2. The summed E-state index contributed by atoms with van der Waals surface area (Å²) in [5, 5.41) is 6.54. The highest BCUT2D eigenvalue weighted by Crippen LogP contribution is 2.12. The molecule has 1 aliphatic heterocycles. The summed E-state index contributed by atoms with van der Waals surface area (Å²) in [6.07, 6.45) is 6.05. The molecule has 5 nitrogen and oxygen atoms in total. The standard InChI is InChI=1S/C16H21N3O2S/c1-2-16(22-13-1)4-3-15-5-6-19(17-15)14-21-12-9-18-7-10-20-11-8-18/h1-6,13H,7-12,14H2/b4-3+. The number of hydrogen-bond donors (Lipinski definition) is 0. The summed E-state index contributed by atoms with van der Waals surface area (Å²) in [6, 6.07) is 6.13. The van der Waals surface area contributed by atoms with Gasteiger partial charge in [-0.2, -0.15) is 5.10 Å². The molecule has 3 heterocycles. The summed E-state index contributed by atoms with van der Waals surface area (Å²) in [4.78, 5) is 3.60. The van der Waals surface area contributed by atoms with Crippen molar-refractivity contribution in [3.63, 3.8) is 0 Å². The molecule has 22 heavy (non-hydrogen) atoms. The zero-order valence-corrected chi connectivity index (χ0v) is 13.4. The van der Waals surface area contributed by atoms with Crippen LogP contribution in [0.1, 0.15) is 10.6 Å². The van der Waals surface area contributed by atoms with Gasteiger partial charge in [-0.15, -0.1) is 11.3 Å². The maximum Gasteiger partial charge on any atom is 0.139 e. The molecule has 0 aromatic carbocycles. The second-order valence-corrected chi connectivity index (χ2v) is 6.10. The van der Waals surface area contributed by atoms with E-state index < -0.39 is 0 Å². The van der Waals surface area contributed by atoms with Gasteiger partial charge in [0.1, 0.15) is 6.73 Å². The van der Waals surface area contributed by atoms with Crippen molar-refractivity contribution in [1.29, 1.82) is 0 Å². The molecule has 2 aromatic heterocycles. The Morgan fingerprint density at radius 1 is 1.27 bits per heavy atom. The minimum atomic E-state index is 0.497. The van der Waals surface area contributed by atoms with E-state index in [1.165, 1.54) is 4.88 Å². The molecule has 1 aliphatic rings. The Hall–Kier alpha value is -1.47. The molecule has 118 valence electrons. The lowest BCUT2D eigenvalue weighted by molar-refractivity contribution is 0.00711. The van der Waals surface area contributed by atoms with Crippen molar-refractivity contribution in [3.8, 4) is 0 Å². The van der Waals surface area contributed by atoms with Crippen LogP contribution >= 0.6 is 11.3 Å². The van der Waals surface area contributed by atoms with Gasteiger partial charge in [0, 0.05) is 30.7 Å². The quantitative estimate of drug-likeness (QED) is 0.735. The number of nitrogens with zero attached hydrogens (tertiary/aromatic N) is 3. The monoisotopic (exact) mass is 319 g/mol. The van der Waals surface area contributed by atoms with Crippen molar-refractivity contribution in [2.24, 2.45) is 0 Å². The molecule has 1 fully saturated rings. The van der Waals surface area contributed by atoms with Crippen molar-refractivity contribution in [2.45, 2.75) is 6.73 Å². The predicted molar refractivity (Wildman–Crippen MR) is 88.7 cm³/mol. The molecule has 0 atom stereocenters. The van der Waals surface area contributed by atoms with Gasteiger partial charge < -0.3 is 9.47 Å². The largest absolute Gasteiger partial charge is 0.379 e. The lowest BCUT2D eigenvalue weighted by Crippen LogP contribution is -2.38. The molecule has 1 saturated heterocycles. The van der Waals surface area contributed by atoms with Gasteiger partial charge in [0.05, 0.1) is 25.5 Å². The SMILES string of the molecule is C(=C\c1cccs1)/c1ccn(COCCN2CCOCC2)n1. The van der Waals surface area contributed by atoms with Crippen LogP contribution in [-0.4, -0.2) is 54.1 Å². The van der Waals surface area contributed by atoms with Crippen LogP contribution in [0.5, 0.6) is 0 Å². The minimum Gasteiger partial charge on any atom is -0.379 e. The fourth-order valence-corrected chi connectivity index (χ4v) is 2.89. The van der Waals surface area contributed by atoms with Crippen molar-refractivity contribution in [3.05, 3.63) is 40.3 Å². The van der Waals surface area contributed by atoms with E-state index in [4.69, 9.17) is 9.47 Å². The number of hydrogen-bond acceptors (Lipinski definition) is 5. The Morgan fingerprint density at radius 2 is 2.18 bits per heavy atom. The normalized spacial score (nSPS) is 16.5. The summed E-state index contributed by atoms with van der Waals surface area (Å²) in [6.45, 7) is 5.84. The van der Waals surface area contributed by atoms with Gasteiger partial charge in [-0.1, -0.05) is 6.07 Å². The Labute approximate surface area is 134 Å². The topological polar surface area (TPSA) is 39.5 Å². The highest BCUT2D eigenvalue weighted by Gasteiger charge is 2.09. The highest BCUT2D eigenvalue weighted by atomic mass is 32.1. The van der Waals surface area contributed by atoms with E-state index in [1.807, 2.05) is 29.1 Å².